The van der Waals surface area contributed by atoms with Crippen molar-refractivity contribution in [3.05, 3.63) is 11.8 Å². The van der Waals surface area contributed by atoms with E-state index in [1.807, 2.05) is 4.72 Å². The molecule has 1 aromatic heterocycles. The Bertz CT molecular complexity index is 665. The number of hydrogen-bond donors (Lipinski definition) is 1. The zero-order valence-corrected chi connectivity index (χ0v) is 10.7. The predicted octanol–water partition coefficient (Wildman–Crippen LogP) is -0.964. The van der Waals surface area contributed by atoms with Gasteiger partial charge >= 0.3 is 0 Å². The Morgan fingerprint density at radius 2 is 2.06 bits per heavy atom. The molecule has 0 aliphatic heterocycles. The Kier molecular flexibility index (Phi) is 3.44. The average molecular weight is 278 g/mol. The lowest BCUT2D eigenvalue weighted by molar-refractivity contribution is 0.594. The molecule has 0 aliphatic carbocycles. The second kappa shape index (κ2) is 4.34. The van der Waals surface area contributed by atoms with Crippen LogP contribution >= 0.6 is 0 Å². The summed E-state index contributed by atoms with van der Waals surface area (Å²) < 4.78 is 47.9. The fourth-order valence-electron chi connectivity index (χ4n) is 1.10. The lowest BCUT2D eigenvalue weighted by atomic mass is 10.4. The number of nitriles is 1. The van der Waals surface area contributed by atoms with E-state index >= 15 is 0 Å². The van der Waals surface area contributed by atoms with Crippen molar-refractivity contribution in [2.45, 2.75) is 0 Å². The molecule has 8 nitrogen and oxygen atoms in total. The van der Waals surface area contributed by atoms with Crippen molar-refractivity contribution < 1.29 is 16.8 Å². The summed E-state index contributed by atoms with van der Waals surface area (Å²) in [4.78, 5) is 0. The molecule has 0 radical (unpaired) electrons. The average Bonchev–Trinajstić information content (AvgIpc) is 2.40. The van der Waals surface area contributed by atoms with E-state index in [9.17, 15) is 16.8 Å². The molecule has 0 spiro atoms. The van der Waals surface area contributed by atoms with Gasteiger partial charge < -0.3 is 0 Å². The van der Waals surface area contributed by atoms with Gasteiger partial charge in [0.25, 0.3) is 0 Å². The van der Waals surface area contributed by atoms with E-state index in [1.165, 1.54) is 17.9 Å². The van der Waals surface area contributed by atoms with Gasteiger partial charge in [-0.2, -0.15) is 10.4 Å². The first-order valence-corrected chi connectivity index (χ1v) is 7.96. The molecule has 0 amide bonds. The molecule has 0 saturated heterocycles. The number of aromatic nitrogens is 2. The van der Waals surface area contributed by atoms with Gasteiger partial charge in [-0.3, -0.25) is 9.40 Å². The van der Waals surface area contributed by atoms with Crippen LogP contribution in [0.5, 0.6) is 0 Å². The summed E-state index contributed by atoms with van der Waals surface area (Å²) in [6.45, 7) is 0. The number of hydrogen-bond acceptors (Lipinski definition) is 6. The number of nitrogens with one attached hydrogen (secondary N) is 1. The Balaban J connectivity index is 3.03. The van der Waals surface area contributed by atoms with Crippen LogP contribution in [-0.2, 0) is 26.9 Å². The topological polar surface area (TPSA) is 122 Å². The highest BCUT2D eigenvalue weighted by Crippen LogP contribution is 2.13. The van der Waals surface area contributed by atoms with E-state index < -0.39 is 24.9 Å². The third-order valence-electron chi connectivity index (χ3n) is 1.57. The Morgan fingerprint density at radius 1 is 1.47 bits per heavy atom. The molecule has 0 atom stereocenters. The van der Waals surface area contributed by atoms with Crippen LogP contribution in [0.3, 0.4) is 0 Å². The first-order valence-electron chi connectivity index (χ1n) is 4.25. The molecule has 1 N–H and O–H groups in total. The first-order chi connectivity index (χ1) is 7.63. The molecule has 0 aliphatic rings. The van der Waals surface area contributed by atoms with Crippen molar-refractivity contribution in [2.75, 3.05) is 16.1 Å². The van der Waals surface area contributed by atoms with E-state index in [2.05, 4.69) is 5.10 Å². The molecule has 10 heteroatoms. The maximum absolute atomic E-state index is 11.4. The van der Waals surface area contributed by atoms with Crippen LogP contribution in [0.25, 0.3) is 0 Å². The fourth-order valence-corrected chi connectivity index (χ4v) is 4.04. The van der Waals surface area contributed by atoms with E-state index in [0.717, 1.165) is 6.26 Å². The minimum absolute atomic E-state index is 0.0181. The minimum atomic E-state index is -4.08. The quantitative estimate of drug-likeness (QED) is 0.756. The standard InChI is InChI=1S/C7H10N4O4S2/c1-11-4-6(3-8)7(9-11)10-17(14,15)5-16(2,12)13/h4H,5H2,1-2H3,(H,9,10). The molecule has 17 heavy (non-hydrogen) atoms. The minimum Gasteiger partial charge on any atom is -0.272 e. The monoisotopic (exact) mass is 278 g/mol. The maximum Gasteiger partial charge on any atom is 0.248 e. The van der Waals surface area contributed by atoms with Gasteiger partial charge in [0.05, 0.1) is 0 Å². The van der Waals surface area contributed by atoms with Crippen molar-refractivity contribution in [3.8, 4) is 6.07 Å². The normalized spacial score (nSPS) is 12.1. The van der Waals surface area contributed by atoms with Gasteiger partial charge in [0.15, 0.2) is 20.7 Å². The second-order valence-corrected chi connectivity index (χ2v) is 7.67. The number of aryl methyl sites for hydroxylation is 1. The molecular formula is C7H10N4O4S2. The van der Waals surface area contributed by atoms with E-state index in [1.54, 1.807) is 6.07 Å². The van der Waals surface area contributed by atoms with Crippen molar-refractivity contribution >= 4 is 25.7 Å². The van der Waals surface area contributed by atoms with E-state index in [-0.39, 0.29) is 11.4 Å². The smallest absolute Gasteiger partial charge is 0.248 e. The van der Waals surface area contributed by atoms with Crippen LogP contribution in [0.15, 0.2) is 6.20 Å². The second-order valence-electron chi connectivity index (χ2n) is 3.44. The lowest BCUT2D eigenvalue weighted by Crippen LogP contribution is -2.22. The number of sulfonamides is 1. The molecule has 94 valence electrons. The fraction of sp³-hybridized carbons (Fsp3) is 0.429. The number of nitrogens with zero attached hydrogens (tertiary/aromatic N) is 3. The highest BCUT2D eigenvalue weighted by atomic mass is 32.3. The van der Waals surface area contributed by atoms with Crippen LogP contribution in [-0.4, -0.2) is 38.0 Å². The molecule has 0 bridgehead atoms. The predicted molar refractivity (Wildman–Crippen MR) is 60.2 cm³/mol. The SMILES string of the molecule is Cn1cc(C#N)c(NS(=O)(=O)CS(C)(=O)=O)n1. The summed E-state index contributed by atoms with van der Waals surface area (Å²) in [5.74, 6) is -0.182. The van der Waals surface area contributed by atoms with Crippen molar-refractivity contribution in [1.82, 2.24) is 9.78 Å². The van der Waals surface area contributed by atoms with Crippen LogP contribution in [0, 0.1) is 11.3 Å². The van der Waals surface area contributed by atoms with Gasteiger partial charge in [-0.1, -0.05) is 0 Å². The number of rotatable bonds is 4. The largest absolute Gasteiger partial charge is 0.272 e. The van der Waals surface area contributed by atoms with Gasteiger partial charge in [0.2, 0.25) is 10.0 Å². The highest BCUT2D eigenvalue weighted by molar-refractivity contribution is 8.08. The molecule has 1 rings (SSSR count). The van der Waals surface area contributed by atoms with Gasteiger partial charge in [-0.05, 0) is 0 Å². The summed E-state index contributed by atoms with van der Waals surface area (Å²) in [6.07, 6.45) is 2.12. The Morgan fingerprint density at radius 3 is 2.53 bits per heavy atom. The van der Waals surface area contributed by atoms with Gasteiger partial charge in [0.1, 0.15) is 11.6 Å². The third-order valence-corrected chi connectivity index (χ3v) is 5.03. The lowest BCUT2D eigenvalue weighted by Gasteiger charge is -2.03. The van der Waals surface area contributed by atoms with Crippen LogP contribution in [0.2, 0.25) is 0 Å². The summed E-state index contributed by atoms with van der Waals surface area (Å²) in [5.41, 5.74) is 0.0181. The van der Waals surface area contributed by atoms with Crippen molar-refractivity contribution in [1.29, 1.82) is 5.26 Å². The van der Waals surface area contributed by atoms with Crippen LogP contribution < -0.4 is 4.72 Å². The molecule has 0 saturated carbocycles. The zero-order valence-electron chi connectivity index (χ0n) is 9.08. The maximum atomic E-state index is 11.4. The summed E-state index contributed by atoms with van der Waals surface area (Å²) in [5, 5.41) is 11.4. The Hall–Kier alpha value is -1.60. The first kappa shape index (κ1) is 13.5. The number of sulfone groups is 1. The number of anilines is 1. The van der Waals surface area contributed by atoms with Gasteiger partial charge in [-0.25, -0.2) is 16.8 Å². The van der Waals surface area contributed by atoms with Crippen molar-refractivity contribution in [3.63, 3.8) is 0 Å². The van der Waals surface area contributed by atoms with Crippen LogP contribution in [0.4, 0.5) is 5.82 Å². The molecule has 1 aromatic rings. The molecule has 0 fully saturated rings. The zero-order chi connectivity index (χ0) is 13.3. The molecule has 1 heterocycles. The molecular weight excluding hydrogens is 268 g/mol. The van der Waals surface area contributed by atoms with Crippen molar-refractivity contribution in [2.24, 2.45) is 7.05 Å². The third kappa shape index (κ3) is 4.04. The Labute approximate surface area is 98.8 Å². The summed E-state index contributed by atoms with van der Waals surface area (Å²) in [6, 6.07) is 1.74. The van der Waals surface area contributed by atoms with E-state index in [0.29, 0.717) is 0 Å². The van der Waals surface area contributed by atoms with Gasteiger partial charge in [0, 0.05) is 19.5 Å². The summed E-state index contributed by atoms with van der Waals surface area (Å²) in [7, 11) is -6.25. The molecule has 0 unspecified atom stereocenters. The van der Waals surface area contributed by atoms with Crippen LogP contribution in [0.1, 0.15) is 5.56 Å². The van der Waals surface area contributed by atoms with E-state index in [4.69, 9.17) is 5.26 Å². The summed E-state index contributed by atoms with van der Waals surface area (Å²) >= 11 is 0. The molecule has 0 aromatic carbocycles. The van der Waals surface area contributed by atoms with Gasteiger partial charge in [-0.15, -0.1) is 0 Å². The highest BCUT2D eigenvalue weighted by Gasteiger charge is 2.21.